The summed E-state index contributed by atoms with van der Waals surface area (Å²) in [5.74, 6) is -3.68. The summed E-state index contributed by atoms with van der Waals surface area (Å²) in [6.45, 7) is 20.2. The second kappa shape index (κ2) is 24.8. The van der Waals surface area contributed by atoms with Crippen molar-refractivity contribution < 1.29 is 52.9 Å². The molecule has 57 heavy (non-hydrogen) atoms. The van der Waals surface area contributed by atoms with Crippen LogP contribution in [0.15, 0.2) is 0 Å². The number of carboxylic acid groups (broad SMARTS) is 1. The number of unbranched alkanes of at least 4 members (excludes halogenated alkanes) is 2. The van der Waals surface area contributed by atoms with E-state index in [2.05, 4.69) is 10.6 Å². The number of carbonyl (C=O) groups is 7. The fourth-order valence-corrected chi connectivity index (χ4v) is 5.76. The molecule has 1 rings (SSSR count). The van der Waals surface area contributed by atoms with Crippen molar-refractivity contribution in [2.75, 3.05) is 85.1 Å². The molecule has 0 unspecified atom stereocenters. The molecule has 18 heteroatoms. The highest BCUT2D eigenvalue weighted by Crippen LogP contribution is 2.12. The Hall–Kier alpha value is -3.87. The van der Waals surface area contributed by atoms with Gasteiger partial charge in [0.25, 0.3) is 0 Å². The first-order chi connectivity index (χ1) is 26.3. The van der Waals surface area contributed by atoms with Gasteiger partial charge < -0.3 is 35.7 Å². The molecule has 0 spiro atoms. The SMILES string of the molecule is CC(C)(C)OC(=O)CN1CCN(CC(=O)NCCCCCC(=O)N[C@@H](CCC(N)=O)C(=O)O)CCN(CC(=O)OC(C)(C)C)CCN(CC(=O)OC(C)(C)C)CC1. The number of rotatable bonds is 19. The normalized spacial score (nSPS) is 16.6. The van der Waals surface area contributed by atoms with E-state index in [0.717, 1.165) is 0 Å². The first kappa shape index (κ1) is 51.1. The van der Waals surface area contributed by atoms with Gasteiger partial charge in [-0.1, -0.05) is 6.42 Å². The summed E-state index contributed by atoms with van der Waals surface area (Å²) >= 11 is 0. The Bertz CT molecular complexity index is 1280. The minimum Gasteiger partial charge on any atom is -0.480 e. The van der Waals surface area contributed by atoms with Crippen molar-refractivity contribution in [3.05, 3.63) is 0 Å². The van der Waals surface area contributed by atoms with Gasteiger partial charge in [0.1, 0.15) is 22.8 Å². The van der Waals surface area contributed by atoms with Gasteiger partial charge in [0.2, 0.25) is 17.7 Å². The van der Waals surface area contributed by atoms with Crippen LogP contribution in [0.25, 0.3) is 0 Å². The van der Waals surface area contributed by atoms with E-state index in [1.807, 2.05) is 40.4 Å². The average Bonchev–Trinajstić information content (AvgIpc) is 3.02. The van der Waals surface area contributed by atoms with Gasteiger partial charge in [-0.2, -0.15) is 0 Å². The summed E-state index contributed by atoms with van der Waals surface area (Å²) < 4.78 is 16.8. The van der Waals surface area contributed by atoms with Crippen LogP contribution in [0.4, 0.5) is 0 Å². The van der Waals surface area contributed by atoms with Gasteiger partial charge >= 0.3 is 23.9 Å². The maximum absolute atomic E-state index is 13.2. The van der Waals surface area contributed by atoms with Crippen LogP contribution < -0.4 is 16.4 Å². The number of carboxylic acids is 1. The number of carbonyl (C=O) groups excluding carboxylic acids is 6. The van der Waals surface area contributed by atoms with Crippen LogP contribution in [0.1, 0.15) is 101 Å². The number of hydrogen-bond donors (Lipinski definition) is 4. The molecule has 1 aliphatic heterocycles. The van der Waals surface area contributed by atoms with Gasteiger partial charge in [0.15, 0.2) is 0 Å². The highest BCUT2D eigenvalue weighted by molar-refractivity contribution is 5.84. The number of nitrogens with zero attached hydrogens (tertiary/aromatic N) is 4. The maximum Gasteiger partial charge on any atom is 0.326 e. The number of hydrogen-bond acceptors (Lipinski definition) is 14. The number of nitrogens with two attached hydrogens (primary N) is 1. The zero-order valence-corrected chi connectivity index (χ0v) is 35.9. The van der Waals surface area contributed by atoms with Crippen molar-refractivity contribution in [3.8, 4) is 0 Å². The molecular formula is C39H71N7O11. The third kappa shape index (κ3) is 27.4. The molecule has 1 saturated heterocycles. The Morgan fingerprint density at radius 1 is 0.561 bits per heavy atom. The Morgan fingerprint density at radius 3 is 1.26 bits per heavy atom. The van der Waals surface area contributed by atoms with Gasteiger partial charge in [-0.3, -0.25) is 48.4 Å². The summed E-state index contributed by atoms with van der Waals surface area (Å²) in [6.07, 6.45) is 1.54. The Labute approximate surface area is 338 Å². The molecule has 5 N–H and O–H groups in total. The zero-order valence-electron chi connectivity index (χ0n) is 35.9. The molecule has 0 saturated carbocycles. The third-order valence-electron chi connectivity index (χ3n) is 8.33. The van der Waals surface area contributed by atoms with E-state index in [9.17, 15) is 38.7 Å². The number of nitrogens with one attached hydrogen (secondary N) is 2. The molecule has 1 aliphatic rings. The van der Waals surface area contributed by atoms with Crippen LogP contribution in [-0.2, 0) is 47.8 Å². The molecule has 0 aromatic rings. The fourth-order valence-electron chi connectivity index (χ4n) is 5.76. The number of ether oxygens (including phenoxy) is 3. The number of aliphatic carboxylic acids is 1. The summed E-state index contributed by atoms with van der Waals surface area (Å²) in [6, 6.07) is -1.19. The molecular weight excluding hydrogens is 742 g/mol. The predicted octanol–water partition coefficient (Wildman–Crippen LogP) is 0.745. The summed E-state index contributed by atoms with van der Waals surface area (Å²) in [4.78, 5) is 94.4. The number of esters is 3. The van der Waals surface area contributed by atoms with Gasteiger partial charge in [0, 0.05) is 71.7 Å². The Balaban J connectivity index is 2.99. The lowest BCUT2D eigenvalue weighted by molar-refractivity contribution is -0.158. The minimum absolute atomic E-state index is 0.0186. The Morgan fingerprint density at radius 2 is 0.930 bits per heavy atom. The molecule has 328 valence electrons. The van der Waals surface area contributed by atoms with Crippen molar-refractivity contribution in [2.45, 2.75) is 124 Å². The lowest BCUT2D eigenvalue weighted by atomic mass is 10.1. The third-order valence-corrected chi connectivity index (χ3v) is 8.33. The van der Waals surface area contributed by atoms with Crippen LogP contribution in [-0.4, -0.2) is 174 Å². The Kier molecular flexibility index (Phi) is 22.3. The van der Waals surface area contributed by atoms with E-state index < -0.39 is 40.6 Å². The monoisotopic (exact) mass is 814 g/mol. The average molecular weight is 814 g/mol. The van der Waals surface area contributed by atoms with E-state index in [1.165, 1.54) is 0 Å². The van der Waals surface area contributed by atoms with Gasteiger partial charge in [0.05, 0.1) is 26.2 Å². The second-order valence-electron chi connectivity index (χ2n) is 17.5. The molecule has 1 atom stereocenters. The summed E-state index contributed by atoms with van der Waals surface area (Å²) in [7, 11) is 0. The van der Waals surface area contributed by atoms with Crippen molar-refractivity contribution >= 4 is 41.6 Å². The molecule has 0 aromatic heterocycles. The number of primary amides is 1. The van der Waals surface area contributed by atoms with E-state index in [-0.39, 0.29) is 69.3 Å². The van der Waals surface area contributed by atoms with Crippen molar-refractivity contribution in [2.24, 2.45) is 5.73 Å². The van der Waals surface area contributed by atoms with E-state index >= 15 is 0 Å². The van der Waals surface area contributed by atoms with Crippen molar-refractivity contribution in [1.82, 2.24) is 30.2 Å². The highest BCUT2D eigenvalue weighted by atomic mass is 16.6. The predicted molar refractivity (Wildman–Crippen MR) is 213 cm³/mol. The maximum atomic E-state index is 13.2. The highest BCUT2D eigenvalue weighted by Gasteiger charge is 2.26. The number of amides is 3. The van der Waals surface area contributed by atoms with Crippen molar-refractivity contribution in [1.29, 1.82) is 0 Å². The fraction of sp³-hybridized carbons (Fsp3) is 0.821. The van der Waals surface area contributed by atoms with Gasteiger partial charge in [-0.25, -0.2) is 4.79 Å². The molecule has 18 nitrogen and oxygen atoms in total. The largest absolute Gasteiger partial charge is 0.480 e. The smallest absolute Gasteiger partial charge is 0.326 e. The summed E-state index contributed by atoms with van der Waals surface area (Å²) in [5, 5.41) is 14.6. The first-order valence-corrected chi connectivity index (χ1v) is 19.9. The molecule has 3 amide bonds. The minimum atomic E-state index is -1.24. The first-order valence-electron chi connectivity index (χ1n) is 19.9. The molecule has 0 aromatic carbocycles. The second-order valence-corrected chi connectivity index (χ2v) is 17.5. The molecule has 0 radical (unpaired) electrons. The lowest BCUT2D eigenvalue weighted by Crippen LogP contribution is -2.50. The topological polar surface area (TPSA) is 230 Å². The van der Waals surface area contributed by atoms with E-state index in [4.69, 9.17) is 19.9 Å². The molecule has 1 fully saturated rings. The van der Waals surface area contributed by atoms with Gasteiger partial charge in [-0.15, -0.1) is 0 Å². The van der Waals surface area contributed by atoms with Gasteiger partial charge in [-0.05, 0) is 81.6 Å². The van der Waals surface area contributed by atoms with Crippen LogP contribution in [0.5, 0.6) is 0 Å². The molecule has 0 bridgehead atoms. The van der Waals surface area contributed by atoms with Crippen molar-refractivity contribution in [3.63, 3.8) is 0 Å². The van der Waals surface area contributed by atoms with Crippen LogP contribution in [0.2, 0.25) is 0 Å². The standard InChI is InChI=1S/C39H71N7O11/c1-37(2,3)55-33(50)26-44-19-17-43(25-32(49)41-16-12-10-11-13-31(48)42-29(36(53)54)14-15-30(40)47)18-20-45(27-34(51)56-38(4,5)6)22-24-46(23-21-44)28-35(52)57-39(7,8)9/h29H,10-28H2,1-9H3,(H2,40,47)(H,41,49)(H,42,48)(H,53,54)/t29-/m0/s1. The molecule has 0 aliphatic carbocycles. The summed E-state index contributed by atoms with van der Waals surface area (Å²) in [5.41, 5.74) is 3.09. The quantitative estimate of drug-likeness (QED) is 0.0801. The van der Waals surface area contributed by atoms with E-state index in [0.29, 0.717) is 78.2 Å². The van der Waals surface area contributed by atoms with E-state index in [1.54, 1.807) is 41.5 Å². The van der Waals surface area contributed by atoms with Crippen LogP contribution in [0.3, 0.4) is 0 Å². The zero-order chi connectivity index (χ0) is 43.4. The van der Waals surface area contributed by atoms with Crippen LogP contribution in [0, 0.1) is 0 Å². The molecule has 1 heterocycles. The van der Waals surface area contributed by atoms with Crippen LogP contribution >= 0.6 is 0 Å². The lowest BCUT2D eigenvalue weighted by Gasteiger charge is -2.34.